The van der Waals surface area contributed by atoms with Crippen LogP contribution in [0.2, 0.25) is 0 Å². The zero-order valence-corrected chi connectivity index (χ0v) is 11.1. The molecule has 0 aliphatic rings. The summed E-state index contributed by atoms with van der Waals surface area (Å²) in [6.45, 7) is 4.11. The number of benzene rings is 1. The van der Waals surface area contributed by atoms with Crippen molar-refractivity contribution in [3.05, 3.63) is 47.4 Å². The lowest BCUT2D eigenvalue weighted by molar-refractivity contribution is 0.350. The topological polar surface area (TPSA) is 64.9 Å². The van der Waals surface area contributed by atoms with Crippen molar-refractivity contribution in [1.29, 1.82) is 0 Å². The van der Waals surface area contributed by atoms with E-state index in [0.29, 0.717) is 30.5 Å². The molecule has 102 valence electrons. The molecule has 1 aromatic carbocycles. The van der Waals surface area contributed by atoms with Gasteiger partial charge < -0.3 is 10.3 Å². The summed E-state index contributed by atoms with van der Waals surface area (Å²) in [5.41, 5.74) is 6.90. The largest absolute Gasteiger partial charge is 0.339 e. The fourth-order valence-electron chi connectivity index (χ4n) is 1.67. The minimum absolute atomic E-state index is 0.0131. The summed E-state index contributed by atoms with van der Waals surface area (Å²) in [7, 11) is 0. The highest BCUT2D eigenvalue weighted by Crippen LogP contribution is 2.10. The quantitative estimate of drug-likeness (QED) is 0.899. The van der Waals surface area contributed by atoms with E-state index in [4.69, 9.17) is 10.3 Å². The predicted octanol–water partition coefficient (Wildman–Crippen LogP) is 2.33. The third-order valence-corrected chi connectivity index (χ3v) is 3.05. The molecule has 1 unspecified atom stereocenters. The highest BCUT2D eigenvalue weighted by Gasteiger charge is 2.14. The molecule has 4 nitrogen and oxygen atoms in total. The van der Waals surface area contributed by atoms with Crippen LogP contribution in [0.3, 0.4) is 0 Å². The molecule has 1 heterocycles. The van der Waals surface area contributed by atoms with Gasteiger partial charge in [-0.2, -0.15) is 4.98 Å². The number of rotatable bonds is 5. The molecule has 2 rings (SSSR count). The Labute approximate surface area is 111 Å². The molecular weight excluding hydrogens is 245 g/mol. The number of halogens is 1. The van der Waals surface area contributed by atoms with Gasteiger partial charge in [-0.3, -0.25) is 0 Å². The fraction of sp³-hybridized carbons (Fsp3) is 0.429. The Morgan fingerprint density at radius 2 is 1.95 bits per heavy atom. The molecule has 2 aromatic rings. The van der Waals surface area contributed by atoms with Crippen LogP contribution < -0.4 is 5.73 Å². The Bertz CT molecular complexity index is 522. The van der Waals surface area contributed by atoms with Crippen LogP contribution in [0, 0.1) is 11.7 Å². The first-order valence-corrected chi connectivity index (χ1v) is 6.36. The first kappa shape index (κ1) is 13.7. The molecule has 0 saturated heterocycles. The molecule has 0 bridgehead atoms. The van der Waals surface area contributed by atoms with Crippen molar-refractivity contribution in [2.45, 2.75) is 32.7 Å². The molecule has 5 heteroatoms. The molecule has 2 N–H and O–H groups in total. The van der Waals surface area contributed by atoms with Crippen LogP contribution in [0.5, 0.6) is 0 Å². The van der Waals surface area contributed by atoms with E-state index in [2.05, 4.69) is 24.0 Å². The lowest BCUT2D eigenvalue weighted by Crippen LogP contribution is -2.28. The van der Waals surface area contributed by atoms with E-state index >= 15 is 0 Å². The summed E-state index contributed by atoms with van der Waals surface area (Å²) in [6, 6.07) is 6.28. The monoisotopic (exact) mass is 263 g/mol. The number of aromatic nitrogens is 2. The average Bonchev–Trinajstić information content (AvgIpc) is 2.79. The van der Waals surface area contributed by atoms with Crippen LogP contribution >= 0.6 is 0 Å². The van der Waals surface area contributed by atoms with Crippen molar-refractivity contribution in [2.75, 3.05) is 0 Å². The zero-order valence-electron chi connectivity index (χ0n) is 11.1. The van der Waals surface area contributed by atoms with E-state index in [1.165, 1.54) is 12.1 Å². The minimum Gasteiger partial charge on any atom is -0.339 e. The van der Waals surface area contributed by atoms with Crippen LogP contribution in [-0.2, 0) is 12.8 Å². The van der Waals surface area contributed by atoms with E-state index in [1.807, 2.05) is 0 Å². The van der Waals surface area contributed by atoms with Gasteiger partial charge in [0, 0.05) is 18.9 Å². The summed E-state index contributed by atoms with van der Waals surface area (Å²) in [6.07, 6.45) is 1.11. The third kappa shape index (κ3) is 3.86. The average molecular weight is 263 g/mol. The molecule has 19 heavy (non-hydrogen) atoms. The van der Waals surface area contributed by atoms with Gasteiger partial charge in [-0.1, -0.05) is 31.1 Å². The Morgan fingerprint density at radius 3 is 2.58 bits per heavy atom. The maximum atomic E-state index is 12.8. The van der Waals surface area contributed by atoms with Crippen molar-refractivity contribution < 1.29 is 8.91 Å². The molecule has 0 saturated carbocycles. The lowest BCUT2D eigenvalue weighted by atomic mass is 10.0. The highest BCUT2D eigenvalue weighted by molar-refractivity contribution is 5.19. The first-order valence-electron chi connectivity index (χ1n) is 6.36. The maximum absolute atomic E-state index is 12.8. The predicted molar refractivity (Wildman–Crippen MR) is 70.0 cm³/mol. The van der Waals surface area contributed by atoms with Crippen LogP contribution in [0.25, 0.3) is 0 Å². The second-order valence-electron chi connectivity index (χ2n) is 5.02. The molecule has 0 aliphatic carbocycles. The molecule has 1 aromatic heterocycles. The van der Waals surface area contributed by atoms with E-state index in [1.54, 1.807) is 12.1 Å². The van der Waals surface area contributed by atoms with Crippen LogP contribution in [0.4, 0.5) is 4.39 Å². The van der Waals surface area contributed by atoms with E-state index in [9.17, 15) is 4.39 Å². The summed E-state index contributed by atoms with van der Waals surface area (Å²) in [5.74, 6) is 1.27. The van der Waals surface area contributed by atoms with Crippen LogP contribution in [0.1, 0.15) is 31.1 Å². The number of hydrogen-bond donors (Lipinski definition) is 1. The van der Waals surface area contributed by atoms with E-state index in [-0.39, 0.29) is 11.9 Å². The van der Waals surface area contributed by atoms with E-state index in [0.717, 1.165) is 5.56 Å². The van der Waals surface area contributed by atoms with Gasteiger partial charge in [-0.25, -0.2) is 4.39 Å². The summed E-state index contributed by atoms with van der Waals surface area (Å²) in [4.78, 5) is 4.30. The second-order valence-corrected chi connectivity index (χ2v) is 5.02. The molecule has 0 radical (unpaired) electrons. The number of nitrogens with two attached hydrogens (primary N) is 1. The third-order valence-electron chi connectivity index (χ3n) is 3.05. The van der Waals surface area contributed by atoms with Gasteiger partial charge in [0.2, 0.25) is 5.89 Å². The highest BCUT2D eigenvalue weighted by atomic mass is 19.1. The maximum Gasteiger partial charge on any atom is 0.228 e. The molecular formula is C14H18FN3O. The van der Waals surface area contributed by atoms with Gasteiger partial charge in [0.15, 0.2) is 5.82 Å². The van der Waals surface area contributed by atoms with E-state index < -0.39 is 0 Å². The first-order chi connectivity index (χ1) is 9.04. The van der Waals surface area contributed by atoms with Crippen molar-refractivity contribution >= 4 is 0 Å². The molecule has 0 spiro atoms. The lowest BCUT2D eigenvalue weighted by Gasteiger charge is -2.11. The zero-order chi connectivity index (χ0) is 13.8. The van der Waals surface area contributed by atoms with Gasteiger partial charge in [-0.05, 0) is 23.6 Å². The van der Waals surface area contributed by atoms with Gasteiger partial charge in [0.1, 0.15) is 5.82 Å². The Morgan fingerprint density at radius 1 is 1.26 bits per heavy atom. The fourth-order valence-corrected chi connectivity index (χ4v) is 1.67. The van der Waals surface area contributed by atoms with Gasteiger partial charge in [0.25, 0.3) is 0 Å². The van der Waals surface area contributed by atoms with Gasteiger partial charge >= 0.3 is 0 Å². The minimum atomic E-state index is -0.250. The standard InChI is InChI=1S/C14H18FN3O/c1-9(2)12(16)8-14-17-13(18-19-14)7-10-3-5-11(15)6-4-10/h3-6,9,12H,7-8,16H2,1-2H3. The molecule has 0 fully saturated rings. The van der Waals surface area contributed by atoms with Crippen LogP contribution in [-0.4, -0.2) is 16.2 Å². The smallest absolute Gasteiger partial charge is 0.228 e. The van der Waals surface area contributed by atoms with Crippen molar-refractivity contribution in [3.8, 4) is 0 Å². The van der Waals surface area contributed by atoms with Crippen molar-refractivity contribution in [1.82, 2.24) is 10.1 Å². The van der Waals surface area contributed by atoms with Crippen molar-refractivity contribution in [2.24, 2.45) is 11.7 Å². The Balaban J connectivity index is 1.99. The summed E-state index contributed by atoms with van der Waals surface area (Å²) < 4.78 is 18.0. The van der Waals surface area contributed by atoms with Gasteiger partial charge in [0.05, 0.1) is 0 Å². The second kappa shape index (κ2) is 5.93. The normalized spacial score (nSPS) is 12.9. The number of nitrogens with zero attached hydrogens (tertiary/aromatic N) is 2. The molecule has 1 atom stereocenters. The molecule has 0 aliphatic heterocycles. The van der Waals surface area contributed by atoms with Gasteiger partial charge in [-0.15, -0.1) is 0 Å². The van der Waals surface area contributed by atoms with Crippen molar-refractivity contribution in [3.63, 3.8) is 0 Å². The molecule has 0 amide bonds. The Hall–Kier alpha value is -1.75. The summed E-state index contributed by atoms with van der Waals surface area (Å²) in [5, 5.41) is 3.91. The summed E-state index contributed by atoms with van der Waals surface area (Å²) >= 11 is 0. The Kier molecular flexibility index (Phi) is 4.27. The van der Waals surface area contributed by atoms with Crippen LogP contribution in [0.15, 0.2) is 28.8 Å². The number of hydrogen-bond acceptors (Lipinski definition) is 4. The SMILES string of the molecule is CC(C)C(N)Cc1nc(Cc2ccc(F)cc2)no1.